The molecule has 4 N–H and O–H groups in total. The fraction of sp³-hybridized carbons (Fsp3) is 0.286. The summed E-state index contributed by atoms with van der Waals surface area (Å²) in [6.45, 7) is 3.80. The van der Waals surface area contributed by atoms with Crippen molar-refractivity contribution in [2.75, 3.05) is 17.6 Å². The fourth-order valence-corrected chi connectivity index (χ4v) is 1.97. The Labute approximate surface area is 112 Å². The van der Waals surface area contributed by atoms with E-state index in [9.17, 15) is 0 Å². The number of nitrogens with two attached hydrogens (primary N) is 1. The number of hydrogen-bond donors (Lipinski definition) is 3. The summed E-state index contributed by atoms with van der Waals surface area (Å²) in [5, 5.41) is 12.3. The van der Waals surface area contributed by atoms with Crippen LogP contribution in [-0.2, 0) is 6.54 Å². The van der Waals surface area contributed by atoms with Crippen LogP contribution in [0.15, 0.2) is 30.6 Å². The van der Waals surface area contributed by atoms with Crippen LogP contribution >= 0.6 is 0 Å². The Morgan fingerprint density at radius 2 is 2.32 bits per heavy atom. The number of aromatic amines is 1. The Bertz CT molecular complexity index is 594. The normalized spacial score (nSPS) is 10.1. The van der Waals surface area contributed by atoms with Crippen LogP contribution in [0.4, 0.5) is 11.4 Å². The summed E-state index contributed by atoms with van der Waals surface area (Å²) in [6.07, 6.45) is 4.94. The summed E-state index contributed by atoms with van der Waals surface area (Å²) in [7, 11) is 0. The van der Waals surface area contributed by atoms with E-state index in [2.05, 4.69) is 20.9 Å². The van der Waals surface area contributed by atoms with Crippen molar-refractivity contribution in [2.24, 2.45) is 0 Å². The molecule has 98 valence electrons. The molecule has 2 rings (SSSR count). The number of H-pyrrole nitrogens is 1. The Kier molecular flexibility index (Phi) is 4.04. The van der Waals surface area contributed by atoms with Crippen molar-refractivity contribution in [3.63, 3.8) is 0 Å². The minimum Gasteiger partial charge on any atom is -0.399 e. The van der Waals surface area contributed by atoms with Crippen LogP contribution in [0.5, 0.6) is 0 Å². The number of benzene rings is 1. The van der Waals surface area contributed by atoms with Gasteiger partial charge < -0.3 is 11.1 Å². The van der Waals surface area contributed by atoms with Gasteiger partial charge in [-0.25, -0.2) is 9.55 Å². The van der Waals surface area contributed by atoms with Crippen molar-refractivity contribution in [3.05, 3.63) is 42.0 Å². The maximum atomic E-state index is 9.03. The second-order valence-corrected chi connectivity index (χ2v) is 4.44. The highest BCUT2D eigenvalue weighted by Crippen LogP contribution is 2.17. The molecule has 0 fully saturated rings. The average molecular weight is 256 g/mol. The second kappa shape index (κ2) is 5.91. The van der Waals surface area contributed by atoms with Crippen LogP contribution in [0.25, 0.3) is 0 Å². The van der Waals surface area contributed by atoms with Crippen molar-refractivity contribution < 1.29 is 4.57 Å². The average Bonchev–Trinajstić information content (AvgIpc) is 2.81. The molecular weight excluding hydrogens is 238 g/mol. The summed E-state index contributed by atoms with van der Waals surface area (Å²) < 4.78 is 2.16. The van der Waals surface area contributed by atoms with Crippen LogP contribution in [0.3, 0.4) is 0 Å². The van der Waals surface area contributed by atoms with Crippen LogP contribution in [0.1, 0.15) is 17.8 Å². The summed E-state index contributed by atoms with van der Waals surface area (Å²) in [6, 6.07) is 7.48. The Hall–Kier alpha value is -2.48. The van der Waals surface area contributed by atoms with E-state index in [0.29, 0.717) is 11.3 Å². The highest BCUT2D eigenvalue weighted by molar-refractivity contribution is 5.62. The predicted molar refractivity (Wildman–Crippen MR) is 74.4 cm³/mol. The summed E-state index contributed by atoms with van der Waals surface area (Å²) in [4.78, 5) is 3.14. The van der Waals surface area contributed by atoms with E-state index in [1.165, 1.54) is 0 Å². The first kappa shape index (κ1) is 13.0. The highest BCUT2D eigenvalue weighted by Gasteiger charge is 2.05. The molecule has 2 aromatic rings. The minimum absolute atomic E-state index is 0.588. The van der Waals surface area contributed by atoms with Crippen molar-refractivity contribution in [2.45, 2.75) is 19.9 Å². The molecule has 0 spiro atoms. The van der Waals surface area contributed by atoms with Crippen molar-refractivity contribution in [3.8, 4) is 6.07 Å². The number of nitrogens with one attached hydrogen (secondary N) is 2. The molecular formula is C14H18N5+. The number of nitriles is 1. The largest absolute Gasteiger partial charge is 0.399 e. The van der Waals surface area contributed by atoms with Gasteiger partial charge in [0.15, 0.2) is 0 Å². The van der Waals surface area contributed by atoms with Gasteiger partial charge in [0.05, 0.1) is 17.8 Å². The molecule has 0 saturated carbocycles. The molecule has 0 saturated heterocycles. The van der Waals surface area contributed by atoms with Crippen molar-refractivity contribution >= 4 is 11.4 Å². The number of nitrogen functional groups attached to an aromatic ring is 1. The number of rotatable bonds is 5. The third kappa shape index (κ3) is 3.26. The summed E-state index contributed by atoms with van der Waals surface area (Å²) >= 11 is 0. The quantitative estimate of drug-likeness (QED) is 0.431. The zero-order chi connectivity index (χ0) is 13.7. The maximum Gasteiger partial charge on any atom is 0.251 e. The van der Waals surface area contributed by atoms with Gasteiger partial charge in [-0.15, -0.1) is 0 Å². The zero-order valence-corrected chi connectivity index (χ0v) is 11.0. The van der Waals surface area contributed by atoms with Gasteiger partial charge in [-0.05, 0) is 18.2 Å². The first-order chi connectivity index (χ1) is 9.20. The molecule has 1 aromatic heterocycles. The molecule has 0 aliphatic carbocycles. The fourth-order valence-electron chi connectivity index (χ4n) is 1.97. The van der Waals surface area contributed by atoms with E-state index < -0.39 is 0 Å². The number of aryl methyl sites for hydroxylation is 2. The maximum absolute atomic E-state index is 9.03. The van der Waals surface area contributed by atoms with Crippen LogP contribution in [0, 0.1) is 18.3 Å². The van der Waals surface area contributed by atoms with E-state index in [1.807, 2.05) is 25.4 Å². The van der Waals surface area contributed by atoms with Gasteiger partial charge in [-0.3, -0.25) is 0 Å². The van der Waals surface area contributed by atoms with Crippen LogP contribution in [0.2, 0.25) is 0 Å². The summed E-state index contributed by atoms with van der Waals surface area (Å²) in [5.74, 6) is 1.14. The monoisotopic (exact) mass is 256 g/mol. The molecule has 5 heteroatoms. The van der Waals surface area contributed by atoms with Crippen molar-refractivity contribution in [1.29, 1.82) is 5.26 Å². The molecule has 0 atom stereocenters. The Morgan fingerprint density at radius 1 is 1.47 bits per heavy atom. The van der Waals surface area contributed by atoms with Gasteiger partial charge in [0.25, 0.3) is 5.82 Å². The van der Waals surface area contributed by atoms with E-state index >= 15 is 0 Å². The molecule has 1 heterocycles. The molecule has 0 aliphatic rings. The molecule has 5 nitrogen and oxygen atoms in total. The first-order valence-corrected chi connectivity index (χ1v) is 6.27. The Balaban J connectivity index is 1.86. The van der Waals surface area contributed by atoms with Gasteiger partial charge in [0.1, 0.15) is 18.5 Å². The SMILES string of the molecule is Cc1[nH]cc[n+]1CCCNc1ccc(N)cc1C#N. The predicted octanol–water partition coefficient (Wildman–Crippen LogP) is 1.57. The van der Waals surface area contributed by atoms with Crippen molar-refractivity contribution in [1.82, 2.24) is 4.98 Å². The molecule has 0 bridgehead atoms. The number of hydrogen-bond acceptors (Lipinski definition) is 3. The van der Waals surface area contributed by atoms with Gasteiger partial charge in [0, 0.05) is 25.6 Å². The lowest BCUT2D eigenvalue weighted by Crippen LogP contribution is -2.35. The molecule has 0 amide bonds. The standard InChI is InChI=1S/C14H17N5/c1-11-17-6-8-19(11)7-2-5-18-14-4-3-13(16)9-12(14)10-15/h3-4,6,8-9,18H,2,5,7,16H2,1H3/p+1. The number of imidazole rings is 1. The van der Waals surface area contributed by atoms with Gasteiger partial charge in [0.2, 0.25) is 0 Å². The molecule has 0 radical (unpaired) electrons. The second-order valence-electron chi connectivity index (χ2n) is 4.44. The van der Waals surface area contributed by atoms with E-state index in [0.717, 1.165) is 31.0 Å². The smallest absolute Gasteiger partial charge is 0.251 e. The van der Waals surface area contributed by atoms with E-state index in [-0.39, 0.29) is 0 Å². The van der Waals surface area contributed by atoms with E-state index in [1.54, 1.807) is 12.1 Å². The number of nitrogens with zero attached hydrogens (tertiary/aromatic N) is 2. The Morgan fingerprint density at radius 3 is 3.00 bits per heavy atom. The van der Waals surface area contributed by atoms with Gasteiger partial charge in [-0.1, -0.05) is 0 Å². The molecule has 0 unspecified atom stereocenters. The molecule has 0 aliphatic heterocycles. The van der Waals surface area contributed by atoms with Crippen LogP contribution < -0.4 is 15.6 Å². The lowest BCUT2D eigenvalue weighted by Gasteiger charge is -2.08. The van der Waals surface area contributed by atoms with Crippen LogP contribution in [-0.4, -0.2) is 11.5 Å². The topological polar surface area (TPSA) is 81.5 Å². The lowest BCUT2D eigenvalue weighted by atomic mass is 10.1. The van der Waals surface area contributed by atoms with E-state index in [4.69, 9.17) is 11.0 Å². The minimum atomic E-state index is 0.588. The third-order valence-electron chi connectivity index (χ3n) is 3.03. The zero-order valence-electron chi connectivity index (χ0n) is 11.0. The van der Waals surface area contributed by atoms with Gasteiger partial charge >= 0.3 is 0 Å². The van der Waals surface area contributed by atoms with Gasteiger partial charge in [-0.2, -0.15) is 5.26 Å². The number of aromatic nitrogens is 2. The third-order valence-corrected chi connectivity index (χ3v) is 3.03. The first-order valence-electron chi connectivity index (χ1n) is 6.27. The summed E-state index contributed by atoms with van der Waals surface area (Å²) in [5.41, 5.74) is 7.69. The lowest BCUT2D eigenvalue weighted by molar-refractivity contribution is -0.701. The molecule has 19 heavy (non-hydrogen) atoms. The highest BCUT2D eigenvalue weighted by atomic mass is 15.1. The molecule has 1 aromatic carbocycles. The number of anilines is 2.